The predicted octanol–water partition coefficient (Wildman–Crippen LogP) is 10.5. The van der Waals surface area contributed by atoms with E-state index in [1.54, 1.807) is 18.2 Å². The van der Waals surface area contributed by atoms with E-state index in [0.717, 1.165) is 44.6 Å². The third-order valence-corrected chi connectivity index (χ3v) is 8.20. The fourth-order valence-corrected chi connectivity index (χ4v) is 5.40. The van der Waals surface area contributed by atoms with Gasteiger partial charge in [0.25, 0.3) is 0 Å². The maximum Gasteiger partial charge on any atom is 0.311 e. The van der Waals surface area contributed by atoms with Crippen LogP contribution in [0.2, 0.25) is 0 Å². The second-order valence-electron chi connectivity index (χ2n) is 12.4. The molecule has 7 nitrogen and oxygen atoms in total. The van der Waals surface area contributed by atoms with E-state index in [1.165, 1.54) is 101 Å². The van der Waals surface area contributed by atoms with Crippen LogP contribution in [0.15, 0.2) is 42.5 Å². The van der Waals surface area contributed by atoms with Gasteiger partial charge in [-0.1, -0.05) is 129 Å². The molecule has 0 heterocycles. The predicted molar refractivity (Wildman–Crippen MR) is 185 cm³/mol. The van der Waals surface area contributed by atoms with Crippen molar-refractivity contribution < 1.29 is 34.4 Å². The second-order valence-corrected chi connectivity index (χ2v) is 12.4. The topological polar surface area (TPSA) is 113 Å². The summed E-state index contributed by atoms with van der Waals surface area (Å²) in [5.74, 6) is -0.516. The van der Waals surface area contributed by atoms with Crippen LogP contribution in [0.5, 0.6) is 23.0 Å². The lowest BCUT2D eigenvalue weighted by Crippen LogP contribution is -2.10. The van der Waals surface area contributed by atoms with Gasteiger partial charge in [-0.25, -0.2) is 0 Å². The minimum Gasteiger partial charge on any atom is -0.508 e. The van der Waals surface area contributed by atoms with E-state index in [4.69, 9.17) is 9.47 Å². The van der Waals surface area contributed by atoms with Gasteiger partial charge in [-0.3, -0.25) is 9.59 Å². The van der Waals surface area contributed by atoms with Gasteiger partial charge < -0.3 is 24.8 Å². The average Bonchev–Trinajstić information content (AvgIpc) is 3.02. The third kappa shape index (κ3) is 16.8. The van der Waals surface area contributed by atoms with Crippen LogP contribution in [-0.2, 0) is 9.59 Å². The highest BCUT2D eigenvalue weighted by Gasteiger charge is 2.14. The van der Waals surface area contributed by atoms with Crippen molar-refractivity contribution in [1.82, 2.24) is 0 Å². The molecule has 2 aromatic rings. The van der Waals surface area contributed by atoms with Crippen molar-refractivity contribution in [3.63, 3.8) is 0 Å². The molecule has 0 saturated heterocycles. The second kappa shape index (κ2) is 23.9. The van der Waals surface area contributed by atoms with Crippen molar-refractivity contribution in [2.75, 3.05) is 0 Å². The van der Waals surface area contributed by atoms with Crippen molar-refractivity contribution in [2.24, 2.45) is 0 Å². The number of aliphatic hydroxyl groups is 1. The Morgan fingerprint density at radius 2 is 1.15 bits per heavy atom. The number of phenols is 2. The van der Waals surface area contributed by atoms with Gasteiger partial charge in [-0.05, 0) is 37.1 Å². The molecular weight excluding hydrogens is 580 g/mol. The molecule has 0 amide bonds. The fraction of sp³-hybridized carbons (Fsp3) is 0.590. The van der Waals surface area contributed by atoms with Crippen LogP contribution in [0.1, 0.15) is 159 Å². The molecule has 0 radical (unpaired) electrons. The molecule has 0 aliphatic heterocycles. The van der Waals surface area contributed by atoms with Crippen molar-refractivity contribution >= 4 is 18.0 Å². The van der Waals surface area contributed by atoms with E-state index in [-0.39, 0.29) is 41.2 Å². The molecule has 0 fully saturated rings. The molecule has 1 unspecified atom stereocenters. The molecule has 1 atom stereocenters. The number of carbonyl (C=O) groups excluding carboxylic acids is 2. The molecular formula is C39H58O7. The van der Waals surface area contributed by atoms with E-state index >= 15 is 0 Å². The maximum atomic E-state index is 12.8. The first-order chi connectivity index (χ1) is 22.3. The Bertz CT molecular complexity index is 1170. The first-order valence-electron chi connectivity index (χ1n) is 17.8. The summed E-state index contributed by atoms with van der Waals surface area (Å²) in [4.78, 5) is 25.3. The maximum absolute atomic E-state index is 12.8. The standard InChI is InChI=1S/C39H58O7/c1-3-5-7-9-11-13-15-17-19-21-38(43)45-33-26-23-31(24-28-35(41)34-27-25-32(40)29-36(34)42)37(30-33)46-39(44)22-20-18-16-14-12-10-8-6-4-2/h23-30,35,40-42H,3-22H2,1-2H3. The highest BCUT2D eigenvalue weighted by Crippen LogP contribution is 2.31. The van der Waals surface area contributed by atoms with Gasteiger partial charge in [0.2, 0.25) is 0 Å². The van der Waals surface area contributed by atoms with Gasteiger partial charge in [-0.2, -0.15) is 0 Å². The highest BCUT2D eigenvalue weighted by molar-refractivity contribution is 5.76. The molecule has 0 bridgehead atoms. The Morgan fingerprint density at radius 3 is 1.67 bits per heavy atom. The number of carbonyl (C=O) groups is 2. The Labute approximate surface area is 277 Å². The van der Waals surface area contributed by atoms with Crippen LogP contribution in [-0.4, -0.2) is 27.3 Å². The number of aliphatic hydroxyl groups excluding tert-OH is 1. The zero-order valence-corrected chi connectivity index (χ0v) is 28.3. The number of unbranched alkanes of at least 4 members (excludes halogenated alkanes) is 16. The molecule has 0 saturated carbocycles. The van der Waals surface area contributed by atoms with Crippen LogP contribution < -0.4 is 9.47 Å². The van der Waals surface area contributed by atoms with Gasteiger partial charge in [0, 0.05) is 36.1 Å². The summed E-state index contributed by atoms with van der Waals surface area (Å²) in [6, 6.07) is 8.81. The molecule has 7 heteroatoms. The summed E-state index contributed by atoms with van der Waals surface area (Å²) in [7, 11) is 0. The molecule has 0 aromatic heterocycles. The van der Waals surface area contributed by atoms with Gasteiger partial charge in [-0.15, -0.1) is 0 Å². The summed E-state index contributed by atoms with van der Waals surface area (Å²) in [5.41, 5.74) is 0.733. The van der Waals surface area contributed by atoms with Gasteiger partial charge in [0.1, 0.15) is 29.1 Å². The minimum atomic E-state index is -1.17. The Morgan fingerprint density at radius 1 is 0.652 bits per heavy atom. The number of aromatic hydroxyl groups is 2. The SMILES string of the molecule is CCCCCCCCCCCC(=O)Oc1ccc(C=CC(O)c2ccc(O)cc2O)c(OC(=O)CCCCCCCCCCC)c1. The molecule has 2 rings (SSSR count). The minimum absolute atomic E-state index is 0.110. The van der Waals surface area contributed by atoms with Crippen molar-refractivity contribution in [3.8, 4) is 23.0 Å². The smallest absolute Gasteiger partial charge is 0.311 e. The zero-order chi connectivity index (χ0) is 33.4. The molecule has 256 valence electrons. The lowest BCUT2D eigenvalue weighted by Gasteiger charge is -2.12. The first-order valence-corrected chi connectivity index (χ1v) is 17.8. The Kier molecular flexibility index (Phi) is 20.2. The van der Waals surface area contributed by atoms with Crippen LogP contribution in [0.4, 0.5) is 0 Å². The fourth-order valence-electron chi connectivity index (χ4n) is 5.40. The average molecular weight is 639 g/mol. The number of ether oxygens (including phenoxy) is 2. The number of benzene rings is 2. The van der Waals surface area contributed by atoms with Gasteiger partial charge in [0.05, 0.1) is 0 Å². The number of hydrogen-bond acceptors (Lipinski definition) is 7. The summed E-state index contributed by atoms with van der Waals surface area (Å²) >= 11 is 0. The normalized spacial score (nSPS) is 12.0. The largest absolute Gasteiger partial charge is 0.508 e. The van der Waals surface area contributed by atoms with Crippen molar-refractivity contribution in [3.05, 3.63) is 53.6 Å². The lowest BCUT2D eigenvalue weighted by atomic mass is 10.1. The Balaban J connectivity index is 1.95. The quantitative estimate of drug-likeness (QED) is 0.0563. The highest BCUT2D eigenvalue weighted by atomic mass is 16.5. The number of esters is 2. The van der Waals surface area contributed by atoms with Crippen LogP contribution in [0.25, 0.3) is 6.08 Å². The van der Waals surface area contributed by atoms with E-state index in [0.29, 0.717) is 17.7 Å². The first kappa shape index (κ1) is 38.9. The monoisotopic (exact) mass is 638 g/mol. The van der Waals surface area contributed by atoms with Crippen molar-refractivity contribution in [2.45, 2.75) is 148 Å². The van der Waals surface area contributed by atoms with E-state index in [2.05, 4.69) is 13.8 Å². The molecule has 0 spiro atoms. The molecule has 2 aromatic carbocycles. The summed E-state index contributed by atoms with van der Waals surface area (Å²) in [5, 5.41) is 30.3. The molecule has 46 heavy (non-hydrogen) atoms. The molecule has 0 aliphatic carbocycles. The zero-order valence-electron chi connectivity index (χ0n) is 28.3. The number of rotatable bonds is 25. The summed E-state index contributed by atoms with van der Waals surface area (Å²) < 4.78 is 11.3. The van der Waals surface area contributed by atoms with Crippen LogP contribution in [0, 0.1) is 0 Å². The van der Waals surface area contributed by atoms with E-state index in [1.807, 2.05) is 0 Å². The van der Waals surface area contributed by atoms with Crippen LogP contribution >= 0.6 is 0 Å². The molecule has 3 N–H and O–H groups in total. The summed E-state index contributed by atoms with van der Waals surface area (Å²) in [6.07, 6.45) is 23.3. The van der Waals surface area contributed by atoms with Crippen LogP contribution in [0.3, 0.4) is 0 Å². The number of phenolic OH excluding ortho intramolecular Hbond substituents is 2. The van der Waals surface area contributed by atoms with Gasteiger partial charge in [0.15, 0.2) is 0 Å². The van der Waals surface area contributed by atoms with Crippen molar-refractivity contribution in [1.29, 1.82) is 0 Å². The van der Waals surface area contributed by atoms with Gasteiger partial charge >= 0.3 is 11.9 Å². The summed E-state index contributed by atoms with van der Waals surface area (Å²) in [6.45, 7) is 4.43. The number of hydrogen-bond donors (Lipinski definition) is 3. The van der Waals surface area contributed by atoms with E-state index in [9.17, 15) is 24.9 Å². The van der Waals surface area contributed by atoms with E-state index < -0.39 is 6.10 Å². The molecule has 0 aliphatic rings. The Hall–Kier alpha value is -3.32. The third-order valence-electron chi connectivity index (χ3n) is 8.20. The lowest BCUT2D eigenvalue weighted by molar-refractivity contribution is -0.135.